The molecule has 0 aromatic heterocycles. The molecule has 8 heteroatoms. The van der Waals surface area contributed by atoms with Crippen LogP contribution in [0.1, 0.15) is 83.5 Å². The third-order valence-electron chi connectivity index (χ3n) is 13.6. The summed E-state index contributed by atoms with van der Waals surface area (Å²) in [7, 11) is 0. The summed E-state index contributed by atoms with van der Waals surface area (Å²) in [4.78, 5) is 23.1. The van der Waals surface area contributed by atoms with Gasteiger partial charge in [0.25, 0.3) is 5.91 Å². The monoisotopic (exact) mass is 703 g/mol. The van der Waals surface area contributed by atoms with Crippen molar-refractivity contribution >= 4 is 17.3 Å². The summed E-state index contributed by atoms with van der Waals surface area (Å²) in [5.41, 5.74) is 8.91. The van der Waals surface area contributed by atoms with Gasteiger partial charge in [-0.2, -0.15) is 0 Å². The highest BCUT2D eigenvalue weighted by atomic mass is 16.5. The number of aryl methyl sites for hydroxylation is 1. The first-order chi connectivity index (χ1) is 25.6. The lowest BCUT2D eigenvalue weighted by Gasteiger charge is -2.41. The van der Waals surface area contributed by atoms with Gasteiger partial charge in [0.05, 0.1) is 0 Å². The van der Waals surface area contributed by atoms with E-state index in [9.17, 15) is 9.90 Å². The summed E-state index contributed by atoms with van der Waals surface area (Å²) in [5.74, 6) is 3.06. The average Bonchev–Trinajstić information content (AvgIpc) is 3.54. The zero-order chi connectivity index (χ0) is 35.0. The highest BCUT2D eigenvalue weighted by molar-refractivity contribution is 5.99. The molecule has 5 aliphatic heterocycles. The molecule has 3 aromatic rings. The van der Waals surface area contributed by atoms with Crippen molar-refractivity contribution in [3.05, 3.63) is 88.5 Å². The van der Waals surface area contributed by atoms with Crippen LogP contribution in [0.15, 0.2) is 60.7 Å². The van der Waals surface area contributed by atoms with Crippen LogP contribution < -0.4 is 15.1 Å². The summed E-state index contributed by atoms with van der Waals surface area (Å²) in [6.45, 7) is 12.3. The van der Waals surface area contributed by atoms with Crippen molar-refractivity contribution in [2.75, 3.05) is 81.9 Å². The lowest BCUT2D eigenvalue weighted by molar-refractivity contribution is 0.0404. The van der Waals surface area contributed by atoms with E-state index < -0.39 is 0 Å². The standard InChI is InChI=1S/C44H57N5O3/c50-39-9-12-41-34(27-39)5-10-40(32-15-24-52-25-16-32)43(41)33-3-6-36(7-4-33)47-18-13-31(14-19-47)29-46-20-22-48(23-21-46)37-8-11-42-35(26-37)30-49(44(42)51)38-2-1-17-45-28-38/h3-4,6-9,11-12,26-27,31-32,38,40,43,45,50H,1-2,5,10,13-25,28-30H2/t38-,40-,43+/m1/s1. The maximum atomic E-state index is 13.2. The molecule has 8 nitrogen and oxygen atoms in total. The fraction of sp³-hybridized carbons (Fsp3) is 0.568. The van der Waals surface area contributed by atoms with Gasteiger partial charge in [-0.25, -0.2) is 0 Å². The van der Waals surface area contributed by atoms with Crippen molar-refractivity contribution < 1.29 is 14.6 Å². The number of carbonyl (C=O) groups is 1. The molecule has 4 fully saturated rings. The van der Waals surface area contributed by atoms with E-state index in [4.69, 9.17) is 4.74 Å². The Bertz CT molecular complexity index is 1700. The number of piperazine rings is 1. The summed E-state index contributed by atoms with van der Waals surface area (Å²) < 4.78 is 5.75. The number of phenolic OH excluding ortho intramolecular Hbond substituents is 1. The number of aromatic hydroxyl groups is 1. The van der Waals surface area contributed by atoms with E-state index in [1.807, 2.05) is 12.1 Å². The summed E-state index contributed by atoms with van der Waals surface area (Å²) in [5, 5.41) is 13.7. The summed E-state index contributed by atoms with van der Waals surface area (Å²) >= 11 is 0. The SMILES string of the molecule is O=C1c2ccc(N3CCN(CC4CCN(c5ccc([C@@H]6c7ccc(O)cc7CC[C@@H]6C6CCOCC6)cc5)CC4)CC3)cc2CN1[C@@H]1CCCNC1. The fourth-order valence-electron chi connectivity index (χ4n) is 10.7. The van der Waals surface area contributed by atoms with Crippen LogP contribution in [0, 0.1) is 17.8 Å². The second-order valence-electron chi connectivity index (χ2n) is 16.6. The molecule has 52 heavy (non-hydrogen) atoms. The molecule has 3 atom stereocenters. The second kappa shape index (κ2) is 15.0. The zero-order valence-corrected chi connectivity index (χ0v) is 30.9. The van der Waals surface area contributed by atoms with Crippen molar-refractivity contribution in [3.63, 3.8) is 0 Å². The number of hydrogen-bond acceptors (Lipinski definition) is 7. The lowest BCUT2D eigenvalue weighted by Crippen LogP contribution is -2.49. The lowest BCUT2D eigenvalue weighted by atomic mass is 9.65. The number of amides is 1. The number of anilines is 2. The van der Waals surface area contributed by atoms with Crippen molar-refractivity contribution in [1.29, 1.82) is 0 Å². The third kappa shape index (κ3) is 6.94. The molecule has 0 spiro atoms. The highest BCUT2D eigenvalue weighted by Crippen LogP contribution is 2.47. The average molecular weight is 704 g/mol. The van der Waals surface area contributed by atoms with Crippen molar-refractivity contribution in [2.24, 2.45) is 17.8 Å². The van der Waals surface area contributed by atoms with Crippen LogP contribution in [0.4, 0.5) is 11.4 Å². The number of ether oxygens (including phenoxy) is 1. The number of benzene rings is 3. The molecular formula is C44H57N5O3. The maximum Gasteiger partial charge on any atom is 0.254 e. The minimum atomic E-state index is 0.218. The van der Waals surface area contributed by atoms with Gasteiger partial charge in [-0.15, -0.1) is 0 Å². The van der Waals surface area contributed by atoms with Gasteiger partial charge in [0.1, 0.15) is 5.75 Å². The molecule has 1 amide bonds. The van der Waals surface area contributed by atoms with Gasteiger partial charge in [0.15, 0.2) is 0 Å². The third-order valence-corrected chi connectivity index (χ3v) is 13.6. The molecule has 276 valence electrons. The molecular weight excluding hydrogens is 647 g/mol. The Hall–Kier alpha value is -3.59. The van der Waals surface area contributed by atoms with Gasteiger partial charge in [0.2, 0.25) is 0 Å². The van der Waals surface area contributed by atoms with Crippen LogP contribution in [-0.2, 0) is 17.7 Å². The Morgan fingerprint density at radius 2 is 1.54 bits per heavy atom. The molecule has 4 saturated heterocycles. The quantitative estimate of drug-likeness (QED) is 0.301. The highest BCUT2D eigenvalue weighted by Gasteiger charge is 2.37. The summed E-state index contributed by atoms with van der Waals surface area (Å²) in [6.07, 6.45) is 9.31. The van der Waals surface area contributed by atoms with Gasteiger partial charge >= 0.3 is 0 Å². The number of hydrogen-bond donors (Lipinski definition) is 2. The Balaban J connectivity index is 0.776. The van der Waals surface area contributed by atoms with E-state index in [0.29, 0.717) is 29.5 Å². The normalized spacial score (nSPS) is 26.4. The Morgan fingerprint density at radius 3 is 2.31 bits per heavy atom. The number of fused-ring (bicyclic) bond motifs is 2. The van der Waals surface area contributed by atoms with Gasteiger partial charge < -0.3 is 29.9 Å². The predicted octanol–water partition coefficient (Wildman–Crippen LogP) is 6.26. The maximum absolute atomic E-state index is 13.2. The van der Waals surface area contributed by atoms with Gasteiger partial charge in [-0.05, 0) is 140 Å². The largest absolute Gasteiger partial charge is 0.508 e. The van der Waals surface area contributed by atoms with Crippen LogP contribution in [0.25, 0.3) is 0 Å². The number of nitrogens with one attached hydrogen (secondary N) is 1. The van der Waals surface area contributed by atoms with E-state index in [1.165, 1.54) is 59.4 Å². The Labute approximate surface area is 310 Å². The van der Waals surface area contributed by atoms with Crippen LogP contribution in [0.5, 0.6) is 5.75 Å². The minimum Gasteiger partial charge on any atom is -0.508 e. The number of nitrogens with zero attached hydrogens (tertiary/aromatic N) is 4. The Morgan fingerprint density at radius 1 is 0.769 bits per heavy atom. The minimum absolute atomic E-state index is 0.218. The van der Waals surface area contributed by atoms with Crippen molar-refractivity contribution in [2.45, 2.75) is 69.9 Å². The van der Waals surface area contributed by atoms with Crippen LogP contribution >= 0.6 is 0 Å². The molecule has 5 heterocycles. The number of piperidine rings is 2. The Kier molecular flexibility index (Phi) is 9.89. The summed E-state index contributed by atoms with van der Waals surface area (Å²) in [6, 6.07) is 22.5. The van der Waals surface area contributed by atoms with Crippen LogP contribution in [-0.4, -0.2) is 99.0 Å². The van der Waals surface area contributed by atoms with E-state index in [-0.39, 0.29) is 5.91 Å². The van der Waals surface area contributed by atoms with Gasteiger partial charge in [-0.1, -0.05) is 18.2 Å². The van der Waals surface area contributed by atoms with E-state index in [2.05, 4.69) is 73.4 Å². The van der Waals surface area contributed by atoms with Crippen LogP contribution in [0.3, 0.4) is 0 Å². The molecule has 3 aromatic carbocycles. The van der Waals surface area contributed by atoms with Gasteiger partial charge in [0, 0.05) is 101 Å². The molecule has 2 N–H and O–H groups in total. The smallest absolute Gasteiger partial charge is 0.254 e. The molecule has 9 rings (SSSR count). The number of phenols is 1. The molecule has 0 saturated carbocycles. The van der Waals surface area contributed by atoms with E-state index >= 15 is 0 Å². The first-order valence-electron chi connectivity index (χ1n) is 20.4. The molecule has 0 radical (unpaired) electrons. The van der Waals surface area contributed by atoms with Crippen molar-refractivity contribution in [1.82, 2.24) is 15.1 Å². The predicted molar refractivity (Wildman–Crippen MR) is 208 cm³/mol. The number of rotatable bonds is 7. The van der Waals surface area contributed by atoms with Crippen LogP contribution in [0.2, 0.25) is 0 Å². The first-order valence-corrected chi connectivity index (χ1v) is 20.4. The molecule has 0 unspecified atom stereocenters. The topological polar surface area (TPSA) is 71.5 Å². The van der Waals surface area contributed by atoms with E-state index in [1.54, 1.807) is 0 Å². The van der Waals surface area contributed by atoms with Crippen molar-refractivity contribution in [3.8, 4) is 5.75 Å². The number of carbonyl (C=O) groups excluding carboxylic acids is 1. The molecule has 0 bridgehead atoms. The van der Waals surface area contributed by atoms with Gasteiger partial charge in [-0.3, -0.25) is 9.69 Å². The molecule has 1 aliphatic carbocycles. The zero-order valence-electron chi connectivity index (χ0n) is 30.9. The first kappa shape index (κ1) is 34.2. The fourth-order valence-corrected chi connectivity index (χ4v) is 10.7. The molecule has 6 aliphatic rings. The second-order valence-corrected chi connectivity index (χ2v) is 16.6. The van der Waals surface area contributed by atoms with E-state index in [0.717, 1.165) is 116 Å².